The van der Waals surface area contributed by atoms with Crippen LogP contribution in [0.25, 0.3) is 0 Å². The molecule has 0 aliphatic carbocycles. The second kappa shape index (κ2) is 8.05. The van der Waals surface area contributed by atoms with Crippen LogP contribution in [0.3, 0.4) is 0 Å². The zero-order chi connectivity index (χ0) is 19.5. The number of nitrogens with zero attached hydrogens (tertiary/aromatic N) is 2. The van der Waals surface area contributed by atoms with Gasteiger partial charge in [-0.25, -0.2) is 0 Å². The summed E-state index contributed by atoms with van der Waals surface area (Å²) in [6, 6.07) is 15.3. The Bertz CT molecular complexity index is 839. The number of carbonyl (C=O) groups excluding carboxylic acids is 2. The van der Waals surface area contributed by atoms with Crippen LogP contribution in [0.4, 0.5) is 17.1 Å². The van der Waals surface area contributed by atoms with Crippen LogP contribution in [0.2, 0.25) is 0 Å². The van der Waals surface area contributed by atoms with Crippen LogP contribution < -0.4 is 15.1 Å². The van der Waals surface area contributed by atoms with Gasteiger partial charge >= 0.3 is 0 Å². The maximum atomic E-state index is 12.9. The Morgan fingerprint density at radius 2 is 1.57 bits per heavy atom. The lowest BCUT2D eigenvalue weighted by Crippen LogP contribution is -2.41. The van der Waals surface area contributed by atoms with Gasteiger partial charge in [0, 0.05) is 36.6 Å². The highest BCUT2D eigenvalue weighted by atomic mass is 16.2. The summed E-state index contributed by atoms with van der Waals surface area (Å²) in [7, 11) is 0. The van der Waals surface area contributed by atoms with Crippen molar-refractivity contribution in [2.24, 2.45) is 0 Å². The minimum Gasteiger partial charge on any atom is -0.372 e. The summed E-state index contributed by atoms with van der Waals surface area (Å²) >= 11 is 0. The van der Waals surface area contributed by atoms with E-state index >= 15 is 0 Å². The van der Waals surface area contributed by atoms with Crippen molar-refractivity contribution in [2.45, 2.75) is 45.1 Å². The molecule has 1 N–H and O–H groups in total. The van der Waals surface area contributed by atoms with Crippen molar-refractivity contribution in [1.29, 1.82) is 0 Å². The van der Waals surface area contributed by atoms with E-state index in [0.29, 0.717) is 12.8 Å². The molecule has 2 aliphatic rings. The number of amides is 2. The van der Waals surface area contributed by atoms with Gasteiger partial charge in [-0.2, -0.15) is 0 Å². The number of aryl methyl sites for hydroxylation is 1. The highest BCUT2D eigenvalue weighted by molar-refractivity contribution is 6.07. The molecule has 0 saturated carbocycles. The molecule has 2 aromatic carbocycles. The monoisotopic (exact) mass is 377 g/mol. The Morgan fingerprint density at radius 3 is 2.25 bits per heavy atom. The van der Waals surface area contributed by atoms with E-state index in [9.17, 15) is 9.59 Å². The number of hydrogen-bond donors (Lipinski definition) is 1. The zero-order valence-corrected chi connectivity index (χ0v) is 16.4. The number of benzene rings is 2. The van der Waals surface area contributed by atoms with Crippen molar-refractivity contribution in [3.05, 3.63) is 54.1 Å². The fraction of sp³-hybridized carbons (Fsp3) is 0.391. The summed E-state index contributed by atoms with van der Waals surface area (Å²) in [5.74, 6) is -0.124. The second-order valence-corrected chi connectivity index (χ2v) is 7.74. The molecule has 0 spiro atoms. The Morgan fingerprint density at radius 1 is 0.929 bits per heavy atom. The smallest absolute Gasteiger partial charge is 0.247 e. The Balaban J connectivity index is 1.45. The molecule has 2 aliphatic heterocycles. The third kappa shape index (κ3) is 3.88. The van der Waals surface area contributed by atoms with Gasteiger partial charge < -0.3 is 10.2 Å². The van der Waals surface area contributed by atoms with Crippen LogP contribution in [0.15, 0.2) is 48.5 Å². The molecule has 146 valence electrons. The maximum absolute atomic E-state index is 12.9. The first kappa shape index (κ1) is 18.5. The number of anilines is 3. The lowest BCUT2D eigenvalue weighted by molar-refractivity contribution is -0.120. The Labute approximate surface area is 166 Å². The summed E-state index contributed by atoms with van der Waals surface area (Å²) in [4.78, 5) is 29.3. The molecule has 2 heterocycles. The number of rotatable bonds is 4. The second-order valence-electron chi connectivity index (χ2n) is 7.74. The fourth-order valence-electron chi connectivity index (χ4n) is 4.09. The summed E-state index contributed by atoms with van der Waals surface area (Å²) in [5, 5.41) is 2.99. The molecule has 28 heavy (non-hydrogen) atoms. The first-order valence-corrected chi connectivity index (χ1v) is 10.2. The van der Waals surface area contributed by atoms with Gasteiger partial charge in [-0.05, 0) is 69.0 Å². The summed E-state index contributed by atoms with van der Waals surface area (Å²) in [6.45, 7) is 4.20. The van der Waals surface area contributed by atoms with Crippen LogP contribution in [0.5, 0.6) is 0 Å². The lowest BCUT2D eigenvalue weighted by Gasteiger charge is -2.29. The van der Waals surface area contributed by atoms with Crippen LogP contribution in [-0.4, -0.2) is 30.9 Å². The lowest BCUT2D eigenvalue weighted by atomic mass is 10.1. The first-order valence-electron chi connectivity index (χ1n) is 10.2. The van der Waals surface area contributed by atoms with E-state index in [4.69, 9.17) is 0 Å². The van der Waals surface area contributed by atoms with Gasteiger partial charge in [-0.15, -0.1) is 0 Å². The molecule has 5 heteroatoms. The van der Waals surface area contributed by atoms with Gasteiger partial charge in [0.1, 0.15) is 6.04 Å². The quantitative estimate of drug-likeness (QED) is 0.872. The molecule has 0 bridgehead atoms. The molecule has 2 aromatic rings. The average molecular weight is 377 g/mol. The van der Waals surface area contributed by atoms with Crippen molar-refractivity contribution in [3.63, 3.8) is 0 Å². The molecule has 1 atom stereocenters. The molecular formula is C23H27N3O2. The minimum atomic E-state index is -0.461. The van der Waals surface area contributed by atoms with Gasteiger partial charge in [0.25, 0.3) is 0 Å². The predicted molar refractivity (Wildman–Crippen MR) is 113 cm³/mol. The van der Waals surface area contributed by atoms with Gasteiger partial charge in [0.2, 0.25) is 11.8 Å². The van der Waals surface area contributed by atoms with E-state index < -0.39 is 6.04 Å². The highest BCUT2D eigenvalue weighted by Gasteiger charge is 2.37. The average Bonchev–Trinajstić information content (AvgIpc) is 3.11. The molecule has 0 aromatic heterocycles. The summed E-state index contributed by atoms with van der Waals surface area (Å²) < 4.78 is 0. The number of carbonyl (C=O) groups is 2. The van der Waals surface area contributed by atoms with Crippen LogP contribution in [0.1, 0.15) is 37.7 Å². The van der Waals surface area contributed by atoms with Gasteiger partial charge in [-0.3, -0.25) is 14.5 Å². The molecule has 2 fully saturated rings. The van der Waals surface area contributed by atoms with Crippen molar-refractivity contribution >= 4 is 28.9 Å². The largest absolute Gasteiger partial charge is 0.372 e. The summed E-state index contributed by atoms with van der Waals surface area (Å²) in [5.41, 5.74) is 3.89. The molecule has 4 rings (SSSR count). The molecule has 0 radical (unpaired) electrons. The Kier molecular flexibility index (Phi) is 5.33. The third-order valence-electron chi connectivity index (χ3n) is 5.68. The summed E-state index contributed by atoms with van der Waals surface area (Å²) in [6.07, 6.45) is 4.73. The third-order valence-corrected chi connectivity index (χ3v) is 5.68. The Hall–Kier alpha value is -2.82. The predicted octanol–water partition coefficient (Wildman–Crippen LogP) is 4.12. The van der Waals surface area contributed by atoms with Crippen molar-refractivity contribution in [1.82, 2.24) is 0 Å². The zero-order valence-electron chi connectivity index (χ0n) is 16.4. The van der Waals surface area contributed by atoms with Crippen LogP contribution >= 0.6 is 0 Å². The van der Waals surface area contributed by atoms with E-state index in [0.717, 1.165) is 30.0 Å². The van der Waals surface area contributed by atoms with Crippen molar-refractivity contribution < 1.29 is 9.59 Å². The number of hydrogen-bond acceptors (Lipinski definition) is 3. The van der Waals surface area contributed by atoms with Crippen molar-refractivity contribution in [3.8, 4) is 0 Å². The van der Waals surface area contributed by atoms with E-state index in [-0.39, 0.29) is 11.8 Å². The SMILES string of the molecule is Cc1ccc(N2C(=O)CCC2C(=O)Nc2ccc(N3CCCCC3)cc2)cc1. The minimum absolute atomic E-state index is 0.00412. The van der Waals surface area contributed by atoms with E-state index in [1.807, 2.05) is 43.3 Å². The van der Waals surface area contributed by atoms with E-state index in [1.54, 1.807) is 4.90 Å². The molecular weight excluding hydrogens is 350 g/mol. The maximum Gasteiger partial charge on any atom is 0.247 e. The van der Waals surface area contributed by atoms with Crippen LogP contribution in [0, 0.1) is 6.92 Å². The molecule has 1 unspecified atom stereocenters. The topological polar surface area (TPSA) is 52.7 Å². The van der Waals surface area contributed by atoms with E-state index in [1.165, 1.54) is 24.9 Å². The standard InChI is InChI=1S/C23H27N3O2/c1-17-5-9-20(10-6-17)26-21(13-14-22(26)27)23(28)24-18-7-11-19(12-8-18)25-15-3-2-4-16-25/h5-12,21H,2-4,13-16H2,1H3,(H,24,28). The molecule has 2 amide bonds. The fourth-order valence-corrected chi connectivity index (χ4v) is 4.09. The normalized spacial score (nSPS) is 19.8. The van der Waals surface area contributed by atoms with Gasteiger partial charge in [0.05, 0.1) is 0 Å². The highest BCUT2D eigenvalue weighted by Crippen LogP contribution is 2.28. The molecule has 2 saturated heterocycles. The number of piperidine rings is 1. The first-order chi connectivity index (χ1) is 13.6. The van der Waals surface area contributed by atoms with Crippen molar-refractivity contribution in [2.75, 3.05) is 28.2 Å². The van der Waals surface area contributed by atoms with E-state index in [2.05, 4.69) is 22.3 Å². The van der Waals surface area contributed by atoms with Crippen LogP contribution in [-0.2, 0) is 9.59 Å². The molecule has 5 nitrogen and oxygen atoms in total. The number of nitrogens with one attached hydrogen (secondary N) is 1. The van der Waals surface area contributed by atoms with Gasteiger partial charge in [-0.1, -0.05) is 17.7 Å². The van der Waals surface area contributed by atoms with Gasteiger partial charge in [0.15, 0.2) is 0 Å².